The van der Waals surface area contributed by atoms with Crippen LogP contribution in [-0.4, -0.2) is 36.3 Å². The zero-order chi connectivity index (χ0) is 18.1. The molecule has 1 unspecified atom stereocenters. The number of rotatable bonds is 8. The van der Waals surface area contributed by atoms with E-state index in [0.717, 1.165) is 47.4 Å². The van der Waals surface area contributed by atoms with Crippen molar-refractivity contribution in [1.29, 1.82) is 0 Å². The number of halogens is 1. The molecule has 1 aromatic heterocycles. The summed E-state index contributed by atoms with van der Waals surface area (Å²) in [6, 6.07) is 3.94. The smallest absolute Gasteiger partial charge is 0.246 e. The summed E-state index contributed by atoms with van der Waals surface area (Å²) < 4.78 is 1.05. The standard InChI is InChI=1S/C19H27BrN2O2S/c1-2-3-4-5-12-21-19(24)15-7-6-13-22(14-15)18(23)11-9-16-8-10-17(20)25-16/h8-11,15H,2-7,12-14H2,1H3,(H,21,24)/b11-9+. The molecule has 1 fully saturated rings. The Kier molecular flexibility index (Phi) is 8.68. The van der Waals surface area contributed by atoms with Gasteiger partial charge in [0.25, 0.3) is 0 Å². The maximum Gasteiger partial charge on any atom is 0.246 e. The maximum absolute atomic E-state index is 12.4. The minimum absolute atomic E-state index is 0.00929. The zero-order valence-corrected chi connectivity index (χ0v) is 17.2. The molecule has 1 atom stereocenters. The second-order valence-electron chi connectivity index (χ2n) is 6.45. The molecule has 1 aliphatic rings. The molecule has 6 heteroatoms. The molecule has 1 aromatic rings. The Hall–Kier alpha value is -1.14. The lowest BCUT2D eigenvalue weighted by atomic mass is 9.97. The van der Waals surface area contributed by atoms with E-state index in [1.165, 1.54) is 12.8 Å². The Balaban J connectivity index is 1.78. The van der Waals surface area contributed by atoms with E-state index >= 15 is 0 Å². The summed E-state index contributed by atoms with van der Waals surface area (Å²) >= 11 is 5.01. The van der Waals surface area contributed by atoms with Crippen LogP contribution in [0.1, 0.15) is 50.3 Å². The van der Waals surface area contributed by atoms with Gasteiger partial charge in [0.1, 0.15) is 0 Å². The molecule has 4 nitrogen and oxygen atoms in total. The highest BCUT2D eigenvalue weighted by atomic mass is 79.9. The minimum Gasteiger partial charge on any atom is -0.356 e. The number of thiophene rings is 1. The summed E-state index contributed by atoms with van der Waals surface area (Å²) in [5, 5.41) is 3.03. The van der Waals surface area contributed by atoms with Gasteiger partial charge in [0.15, 0.2) is 0 Å². The van der Waals surface area contributed by atoms with Crippen molar-refractivity contribution >= 4 is 45.2 Å². The summed E-state index contributed by atoms with van der Waals surface area (Å²) in [7, 11) is 0. The van der Waals surface area contributed by atoms with Crippen LogP contribution >= 0.6 is 27.3 Å². The number of carbonyl (C=O) groups excluding carboxylic acids is 2. The molecule has 2 heterocycles. The van der Waals surface area contributed by atoms with Crippen LogP contribution in [0.3, 0.4) is 0 Å². The lowest BCUT2D eigenvalue weighted by molar-refractivity contribution is -0.132. The number of hydrogen-bond donors (Lipinski definition) is 1. The first-order valence-corrected chi connectivity index (χ1v) is 10.7. The number of carbonyl (C=O) groups is 2. The highest BCUT2D eigenvalue weighted by molar-refractivity contribution is 9.11. The lowest BCUT2D eigenvalue weighted by Gasteiger charge is -2.31. The predicted octanol–water partition coefficient (Wildman–Crippen LogP) is 4.46. The SMILES string of the molecule is CCCCCCNC(=O)C1CCCN(C(=O)/C=C/c2ccc(Br)s2)C1. The fourth-order valence-electron chi connectivity index (χ4n) is 2.98. The number of nitrogens with one attached hydrogen (secondary N) is 1. The van der Waals surface area contributed by atoms with E-state index in [-0.39, 0.29) is 17.7 Å². The van der Waals surface area contributed by atoms with E-state index in [4.69, 9.17) is 0 Å². The Morgan fingerprint density at radius 3 is 2.92 bits per heavy atom. The Bertz CT molecular complexity index is 600. The van der Waals surface area contributed by atoms with E-state index in [1.54, 1.807) is 22.3 Å². The van der Waals surface area contributed by atoms with Crippen molar-refractivity contribution in [2.24, 2.45) is 5.92 Å². The summed E-state index contributed by atoms with van der Waals surface area (Å²) in [6.45, 7) is 4.18. The molecular weight excluding hydrogens is 400 g/mol. The second-order valence-corrected chi connectivity index (χ2v) is 8.94. The highest BCUT2D eigenvalue weighted by Crippen LogP contribution is 2.23. The van der Waals surface area contributed by atoms with Gasteiger partial charge in [0, 0.05) is 30.6 Å². The van der Waals surface area contributed by atoms with Crippen LogP contribution < -0.4 is 5.32 Å². The van der Waals surface area contributed by atoms with Gasteiger partial charge < -0.3 is 10.2 Å². The number of unbranched alkanes of at least 4 members (excludes halogenated alkanes) is 3. The van der Waals surface area contributed by atoms with E-state index in [0.29, 0.717) is 6.54 Å². The van der Waals surface area contributed by atoms with Gasteiger partial charge in [-0.25, -0.2) is 0 Å². The summed E-state index contributed by atoms with van der Waals surface area (Å²) in [5.41, 5.74) is 0. The van der Waals surface area contributed by atoms with Crippen LogP contribution in [0, 0.1) is 5.92 Å². The molecule has 1 N–H and O–H groups in total. The second kappa shape index (κ2) is 10.8. The van der Waals surface area contributed by atoms with Crippen molar-refractivity contribution in [2.45, 2.75) is 45.4 Å². The van der Waals surface area contributed by atoms with E-state index in [2.05, 4.69) is 28.2 Å². The third-order valence-electron chi connectivity index (χ3n) is 4.42. The molecule has 0 radical (unpaired) electrons. The monoisotopic (exact) mass is 426 g/mol. The average Bonchev–Trinajstić information content (AvgIpc) is 3.04. The first-order chi connectivity index (χ1) is 12.1. The number of hydrogen-bond acceptors (Lipinski definition) is 3. The predicted molar refractivity (Wildman–Crippen MR) is 108 cm³/mol. The van der Waals surface area contributed by atoms with Crippen molar-refractivity contribution in [1.82, 2.24) is 10.2 Å². The van der Waals surface area contributed by atoms with Gasteiger partial charge in [0.2, 0.25) is 11.8 Å². The van der Waals surface area contributed by atoms with Gasteiger partial charge in [-0.2, -0.15) is 0 Å². The number of nitrogens with zero attached hydrogens (tertiary/aromatic N) is 1. The highest BCUT2D eigenvalue weighted by Gasteiger charge is 2.27. The third-order valence-corrected chi connectivity index (χ3v) is 6.01. The summed E-state index contributed by atoms with van der Waals surface area (Å²) in [6.07, 6.45) is 9.82. The molecule has 0 aliphatic carbocycles. The van der Waals surface area contributed by atoms with Crippen molar-refractivity contribution < 1.29 is 9.59 Å². The molecule has 25 heavy (non-hydrogen) atoms. The van der Waals surface area contributed by atoms with Gasteiger partial charge in [-0.15, -0.1) is 11.3 Å². The van der Waals surface area contributed by atoms with Crippen molar-refractivity contribution in [3.8, 4) is 0 Å². The van der Waals surface area contributed by atoms with Crippen LogP contribution in [0.25, 0.3) is 6.08 Å². The van der Waals surface area contributed by atoms with Crippen molar-refractivity contribution in [2.75, 3.05) is 19.6 Å². The van der Waals surface area contributed by atoms with Gasteiger partial charge in [-0.1, -0.05) is 26.2 Å². The molecule has 138 valence electrons. The molecular formula is C19H27BrN2O2S. The van der Waals surface area contributed by atoms with E-state index < -0.39 is 0 Å². The van der Waals surface area contributed by atoms with Gasteiger partial charge in [0.05, 0.1) is 9.70 Å². The van der Waals surface area contributed by atoms with Crippen LogP contribution in [-0.2, 0) is 9.59 Å². The number of amides is 2. The largest absolute Gasteiger partial charge is 0.356 e. The minimum atomic E-state index is -0.0758. The van der Waals surface area contributed by atoms with Crippen molar-refractivity contribution in [3.63, 3.8) is 0 Å². The van der Waals surface area contributed by atoms with Crippen LogP contribution in [0.15, 0.2) is 22.0 Å². The van der Waals surface area contributed by atoms with Crippen LogP contribution in [0.2, 0.25) is 0 Å². The van der Waals surface area contributed by atoms with Gasteiger partial charge in [-0.05, 0) is 53.4 Å². The fraction of sp³-hybridized carbons (Fsp3) is 0.579. The molecule has 0 bridgehead atoms. The summed E-state index contributed by atoms with van der Waals surface area (Å²) in [5.74, 6) is 0.0123. The molecule has 1 saturated heterocycles. The number of likely N-dealkylation sites (tertiary alicyclic amines) is 1. The Morgan fingerprint density at radius 1 is 1.36 bits per heavy atom. The van der Waals surface area contributed by atoms with Crippen molar-refractivity contribution in [3.05, 3.63) is 26.9 Å². The molecule has 1 aliphatic heterocycles. The first kappa shape index (κ1) is 20.2. The molecule has 0 saturated carbocycles. The van der Waals surface area contributed by atoms with Gasteiger partial charge in [-0.3, -0.25) is 9.59 Å². The Labute approximate surface area is 162 Å². The fourth-order valence-corrected chi connectivity index (χ4v) is 4.30. The molecule has 0 spiro atoms. The Morgan fingerprint density at radius 2 is 2.20 bits per heavy atom. The van der Waals surface area contributed by atoms with Gasteiger partial charge >= 0.3 is 0 Å². The zero-order valence-electron chi connectivity index (χ0n) is 14.8. The van der Waals surface area contributed by atoms with Crippen LogP contribution in [0.5, 0.6) is 0 Å². The lowest BCUT2D eigenvalue weighted by Crippen LogP contribution is -2.45. The van der Waals surface area contributed by atoms with Crippen LogP contribution in [0.4, 0.5) is 0 Å². The third kappa shape index (κ3) is 6.94. The quantitative estimate of drug-likeness (QED) is 0.492. The molecule has 2 amide bonds. The number of piperidine rings is 1. The van der Waals surface area contributed by atoms with E-state index in [1.807, 2.05) is 18.2 Å². The first-order valence-electron chi connectivity index (χ1n) is 9.10. The molecule has 2 rings (SSSR count). The molecule has 0 aromatic carbocycles. The summed E-state index contributed by atoms with van der Waals surface area (Å²) in [4.78, 5) is 27.5. The normalized spacial score (nSPS) is 17.8. The average molecular weight is 427 g/mol. The topological polar surface area (TPSA) is 49.4 Å². The van der Waals surface area contributed by atoms with E-state index in [9.17, 15) is 9.59 Å². The maximum atomic E-state index is 12.4.